The van der Waals surface area contributed by atoms with Crippen LogP contribution in [-0.4, -0.2) is 17.1 Å². The van der Waals surface area contributed by atoms with Gasteiger partial charge in [0.1, 0.15) is 0 Å². The zero-order valence-corrected chi connectivity index (χ0v) is 14.6. The molecule has 1 heterocycles. The Morgan fingerprint density at radius 3 is 2.69 bits per heavy atom. The van der Waals surface area contributed by atoms with Gasteiger partial charge in [0.15, 0.2) is 0 Å². The van der Waals surface area contributed by atoms with Crippen molar-refractivity contribution in [2.24, 2.45) is 0 Å². The molecule has 2 amide bonds. The quantitative estimate of drug-likeness (QED) is 0.778. The molecule has 0 radical (unpaired) electrons. The van der Waals surface area contributed by atoms with Crippen LogP contribution in [0.4, 0.5) is 24.5 Å². The summed E-state index contributed by atoms with van der Waals surface area (Å²) < 4.78 is 38.4. The Bertz CT molecular complexity index is 873. The van der Waals surface area contributed by atoms with Crippen LogP contribution in [0.25, 0.3) is 0 Å². The van der Waals surface area contributed by atoms with Crippen molar-refractivity contribution in [3.63, 3.8) is 0 Å². The van der Waals surface area contributed by atoms with Crippen molar-refractivity contribution in [2.45, 2.75) is 22.7 Å². The highest BCUT2D eigenvalue weighted by Crippen LogP contribution is 2.37. The number of amides is 2. The first kappa shape index (κ1) is 18.6. The lowest BCUT2D eigenvalue weighted by molar-refractivity contribution is -0.137. The molecule has 4 nitrogen and oxygen atoms in total. The van der Waals surface area contributed by atoms with Gasteiger partial charge in [-0.05, 0) is 30.3 Å². The highest BCUT2D eigenvalue weighted by Gasteiger charge is 2.32. The number of hydrogen-bond donors (Lipinski definition) is 2. The summed E-state index contributed by atoms with van der Waals surface area (Å²) in [6.07, 6.45) is -4.75. The van der Waals surface area contributed by atoms with Crippen LogP contribution in [0.1, 0.15) is 12.0 Å². The van der Waals surface area contributed by atoms with Crippen molar-refractivity contribution < 1.29 is 22.8 Å². The number of anilines is 2. The lowest BCUT2D eigenvalue weighted by Gasteiger charge is -2.23. The molecule has 0 aromatic heterocycles. The first-order chi connectivity index (χ1) is 12.2. The van der Waals surface area contributed by atoms with Gasteiger partial charge in [-0.25, -0.2) is 0 Å². The predicted molar refractivity (Wildman–Crippen MR) is 94.4 cm³/mol. The second-order valence-corrected chi connectivity index (χ2v) is 7.19. The molecular formula is C17H12ClF3N2O2S. The molecule has 136 valence electrons. The lowest BCUT2D eigenvalue weighted by atomic mass is 10.2. The van der Waals surface area contributed by atoms with Crippen molar-refractivity contribution in [1.29, 1.82) is 0 Å². The van der Waals surface area contributed by atoms with E-state index in [1.807, 2.05) is 12.1 Å². The highest BCUT2D eigenvalue weighted by molar-refractivity contribution is 8.01. The number of fused-ring (bicyclic) bond motifs is 1. The fourth-order valence-electron chi connectivity index (χ4n) is 2.39. The Labute approximate surface area is 156 Å². The SMILES string of the molecule is O=C(C[C@H]1Sc2ccccc2NC1=O)Nc1cc(C(F)(F)F)ccc1Cl. The number of hydrogen-bond acceptors (Lipinski definition) is 3. The Kier molecular flexibility index (Phi) is 5.15. The summed E-state index contributed by atoms with van der Waals surface area (Å²) in [5.74, 6) is -0.933. The van der Waals surface area contributed by atoms with Crippen molar-refractivity contribution in [3.8, 4) is 0 Å². The lowest BCUT2D eigenvalue weighted by Crippen LogP contribution is -2.32. The van der Waals surface area contributed by atoms with E-state index in [1.54, 1.807) is 12.1 Å². The summed E-state index contributed by atoms with van der Waals surface area (Å²) in [7, 11) is 0. The third kappa shape index (κ3) is 4.13. The number of alkyl halides is 3. The molecule has 0 saturated carbocycles. The van der Waals surface area contributed by atoms with Gasteiger partial charge in [0.2, 0.25) is 11.8 Å². The van der Waals surface area contributed by atoms with Crippen LogP contribution < -0.4 is 10.6 Å². The van der Waals surface area contributed by atoms with E-state index in [0.717, 1.165) is 23.1 Å². The maximum atomic E-state index is 12.8. The highest BCUT2D eigenvalue weighted by atomic mass is 35.5. The van der Waals surface area contributed by atoms with Crippen molar-refractivity contribution in [1.82, 2.24) is 0 Å². The van der Waals surface area contributed by atoms with Crippen LogP contribution in [0.15, 0.2) is 47.4 Å². The first-order valence-corrected chi connectivity index (χ1v) is 8.73. The molecule has 0 unspecified atom stereocenters. The van der Waals surface area contributed by atoms with Crippen LogP contribution >= 0.6 is 23.4 Å². The van der Waals surface area contributed by atoms with Crippen molar-refractivity contribution >= 4 is 46.6 Å². The van der Waals surface area contributed by atoms with Crippen LogP contribution in [0.2, 0.25) is 5.02 Å². The number of carbonyl (C=O) groups is 2. The van der Waals surface area contributed by atoms with Crippen LogP contribution in [0.3, 0.4) is 0 Å². The molecule has 2 aromatic carbocycles. The number of halogens is 4. The molecule has 1 aliphatic heterocycles. The van der Waals surface area contributed by atoms with Gasteiger partial charge in [0, 0.05) is 11.3 Å². The Balaban J connectivity index is 1.71. The monoisotopic (exact) mass is 400 g/mol. The molecule has 0 fully saturated rings. The minimum atomic E-state index is -4.55. The fraction of sp³-hybridized carbons (Fsp3) is 0.176. The molecule has 0 saturated heterocycles. The number of carbonyl (C=O) groups excluding carboxylic acids is 2. The van der Waals surface area contributed by atoms with Gasteiger partial charge in [-0.3, -0.25) is 9.59 Å². The average molecular weight is 401 g/mol. The number of thioether (sulfide) groups is 1. The molecule has 1 atom stereocenters. The van der Waals surface area contributed by atoms with Crippen LogP contribution in [-0.2, 0) is 15.8 Å². The number of benzene rings is 2. The van der Waals surface area contributed by atoms with Gasteiger partial charge in [0.25, 0.3) is 0 Å². The Hall–Kier alpha value is -2.19. The average Bonchev–Trinajstić information content (AvgIpc) is 2.56. The van der Waals surface area contributed by atoms with E-state index < -0.39 is 22.9 Å². The summed E-state index contributed by atoms with van der Waals surface area (Å²) in [5, 5.41) is 4.35. The fourth-order valence-corrected chi connectivity index (χ4v) is 3.67. The standard InChI is InChI=1S/C17H12ClF3N2O2S/c18-10-6-5-9(17(19,20)21)7-12(10)22-15(24)8-14-16(25)23-11-3-1-2-4-13(11)26-14/h1-7,14H,8H2,(H,22,24)(H,23,25)/t14-/m1/s1. The summed E-state index contributed by atoms with van der Waals surface area (Å²) in [5.41, 5.74) is -0.399. The molecule has 2 N–H and O–H groups in total. The maximum Gasteiger partial charge on any atom is 0.416 e. The molecule has 2 aromatic rings. The van der Waals surface area contributed by atoms with E-state index in [4.69, 9.17) is 11.6 Å². The van der Waals surface area contributed by atoms with Crippen molar-refractivity contribution in [3.05, 3.63) is 53.1 Å². The van der Waals surface area contributed by atoms with E-state index in [-0.39, 0.29) is 23.0 Å². The van der Waals surface area contributed by atoms with E-state index in [0.29, 0.717) is 5.69 Å². The first-order valence-electron chi connectivity index (χ1n) is 7.47. The molecule has 9 heteroatoms. The van der Waals surface area contributed by atoms with Gasteiger partial charge < -0.3 is 10.6 Å². The van der Waals surface area contributed by atoms with Crippen molar-refractivity contribution in [2.75, 3.05) is 10.6 Å². The van der Waals surface area contributed by atoms with E-state index in [2.05, 4.69) is 10.6 Å². The second-order valence-electron chi connectivity index (χ2n) is 5.54. The molecular weight excluding hydrogens is 389 g/mol. The van der Waals surface area contributed by atoms with Gasteiger partial charge in [-0.2, -0.15) is 13.2 Å². The van der Waals surface area contributed by atoms with Crippen LogP contribution in [0, 0.1) is 0 Å². The Morgan fingerprint density at radius 1 is 1.23 bits per heavy atom. The maximum absolute atomic E-state index is 12.8. The largest absolute Gasteiger partial charge is 0.416 e. The number of nitrogens with one attached hydrogen (secondary N) is 2. The second kappa shape index (κ2) is 7.20. The normalized spacial score (nSPS) is 16.6. The third-order valence-electron chi connectivity index (χ3n) is 3.65. The summed E-state index contributed by atoms with van der Waals surface area (Å²) in [6.45, 7) is 0. The zero-order chi connectivity index (χ0) is 18.9. The molecule has 26 heavy (non-hydrogen) atoms. The number of para-hydroxylation sites is 1. The van der Waals surface area contributed by atoms with Gasteiger partial charge in [0.05, 0.1) is 27.2 Å². The predicted octanol–water partition coefficient (Wildman–Crippen LogP) is 4.80. The zero-order valence-electron chi connectivity index (χ0n) is 13.1. The molecule has 0 bridgehead atoms. The van der Waals surface area contributed by atoms with Gasteiger partial charge >= 0.3 is 6.18 Å². The van der Waals surface area contributed by atoms with Crippen LogP contribution in [0.5, 0.6) is 0 Å². The smallest absolute Gasteiger partial charge is 0.325 e. The summed E-state index contributed by atoms with van der Waals surface area (Å²) in [4.78, 5) is 25.1. The minimum absolute atomic E-state index is 0.0163. The number of rotatable bonds is 3. The molecule has 1 aliphatic rings. The molecule has 0 aliphatic carbocycles. The summed E-state index contributed by atoms with van der Waals surface area (Å²) in [6, 6.07) is 9.82. The molecule has 0 spiro atoms. The molecule has 3 rings (SSSR count). The van der Waals surface area contributed by atoms with Gasteiger partial charge in [-0.15, -0.1) is 11.8 Å². The van der Waals surface area contributed by atoms with Gasteiger partial charge in [-0.1, -0.05) is 23.7 Å². The van der Waals surface area contributed by atoms with E-state index >= 15 is 0 Å². The van der Waals surface area contributed by atoms with E-state index in [1.165, 1.54) is 11.8 Å². The third-order valence-corrected chi connectivity index (χ3v) is 5.25. The Morgan fingerprint density at radius 2 is 1.96 bits per heavy atom. The minimum Gasteiger partial charge on any atom is -0.325 e. The summed E-state index contributed by atoms with van der Waals surface area (Å²) >= 11 is 7.09. The van der Waals surface area contributed by atoms with E-state index in [9.17, 15) is 22.8 Å². The topological polar surface area (TPSA) is 58.2 Å².